The Balaban J connectivity index is 1.42. The number of rotatable bonds is 2. The van der Waals surface area contributed by atoms with Gasteiger partial charge in [-0.05, 0) is 35.9 Å². The van der Waals surface area contributed by atoms with Crippen LogP contribution < -0.4 is 14.2 Å². The van der Waals surface area contributed by atoms with Crippen LogP contribution in [0.3, 0.4) is 0 Å². The van der Waals surface area contributed by atoms with Crippen LogP contribution in [0.15, 0.2) is 60.7 Å². The molecule has 7 N–H and O–H groups in total. The van der Waals surface area contributed by atoms with Crippen molar-refractivity contribution in [2.75, 3.05) is 0 Å². The minimum Gasteiger partial charge on any atom is -0.507 e. The van der Waals surface area contributed by atoms with Crippen LogP contribution in [0.1, 0.15) is 46.3 Å². The minimum atomic E-state index is -1.54. The maximum atomic E-state index is 11.0. The smallest absolute Gasteiger partial charge is 0.279 e. The Bertz CT molecular complexity index is 1680. The highest BCUT2D eigenvalue weighted by Gasteiger charge is 2.52. The molecule has 10 nitrogen and oxygen atoms in total. The first-order valence-corrected chi connectivity index (χ1v) is 12.6. The number of phenols is 6. The quantitative estimate of drug-likeness (QED) is 0.182. The molecule has 4 aromatic rings. The van der Waals surface area contributed by atoms with Crippen LogP contribution in [-0.2, 0) is 12.2 Å². The molecule has 10 heteroatoms. The van der Waals surface area contributed by atoms with Crippen LogP contribution in [0, 0.1) is 0 Å². The summed E-state index contributed by atoms with van der Waals surface area (Å²) in [5.41, 5.74) is 2.50. The summed E-state index contributed by atoms with van der Waals surface area (Å²) in [7, 11) is 0. The van der Waals surface area contributed by atoms with Gasteiger partial charge in [-0.3, -0.25) is 0 Å². The van der Waals surface area contributed by atoms with Crippen molar-refractivity contribution in [1.82, 2.24) is 0 Å². The fourth-order valence-electron chi connectivity index (χ4n) is 5.97. The lowest BCUT2D eigenvalue weighted by Gasteiger charge is -2.47. The maximum Gasteiger partial charge on any atom is 0.279 e. The van der Waals surface area contributed by atoms with Crippen molar-refractivity contribution in [3.05, 3.63) is 88.5 Å². The number of ether oxygens (including phenoxy) is 3. The number of aliphatic hydroxyl groups excluding tert-OH is 1. The Morgan fingerprint density at radius 1 is 0.725 bits per heavy atom. The molecule has 204 valence electrons. The molecular weight excluding hydrogens is 520 g/mol. The van der Waals surface area contributed by atoms with Crippen LogP contribution in [0.5, 0.6) is 51.7 Å². The van der Waals surface area contributed by atoms with Gasteiger partial charge < -0.3 is 50.0 Å². The number of phenolic OH excluding ortho intramolecular Hbond substituents is 6. The van der Waals surface area contributed by atoms with E-state index in [0.717, 1.165) is 5.56 Å². The molecule has 0 spiro atoms. The van der Waals surface area contributed by atoms with Gasteiger partial charge in [0.1, 0.15) is 29.1 Å². The van der Waals surface area contributed by atoms with Gasteiger partial charge in [-0.2, -0.15) is 0 Å². The summed E-state index contributed by atoms with van der Waals surface area (Å²) < 4.78 is 19.2. The summed E-state index contributed by atoms with van der Waals surface area (Å²) in [5, 5.41) is 72.2. The molecular formula is C30H24O10. The van der Waals surface area contributed by atoms with Crippen molar-refractivity contribution in [1.29, 1.82) is 0 Å². The first-order valence-electron chi connectivity index (χ1n) is 12.6. The summed E-state index contributed by atoms with van der Waals surface area (Å²) in [6.07, 6.45) is -1.74. The Kier molecular flexibility index (Phi) is 4.98. The van der Waals surface area contributed by atoms with Crippen molar-refractivity contribution < 1.29 is 50.0 Å². The second kappa shape index (κ2) is 8.27. The van der Waals surface area contributed by atoms with E-state index >= 15 is 0 Å². The van der Waals surface area contributed by atoms with Crippen molar-refractivity contribution in [3.63, 3.8) is 0 Å². The summed E-state index contributed by atoms with van der Waals surface area (Å²) >= 11 is 0. The molecule has 2 bridgehead atoms. The summed E-state index contributed by atoms with van der Waals surface area (Å²) in [6.45, 7) is 0. The molecule has 3 heterocycles. The molecule has 0 aliphatic carbocycles. The molecule has 7 rings (SSSR count). The van der Waals surface area contributed by atoms with Crippen molar-refractivity contribution >= 4 is 0 Å². The van der Waals surface area contributed by atoms with Crippen molar-refractivity contribution in [2.24, 2.45) is 0 Å². The lowest BCUT2D eigenvalue weighted by atomic mass is 9.76. The molecule has 0 saturated carbocycles. The second-order valence-electron chi connectivity index (χ2n) is 10.3. The molecule has 0 fully saturated rings. The van der Waals surface area contributed by atoms with E-state index in [0.29, 0.717) is 28.2 Å². The van der Waals surface area contributed by atoms with Gasteiger partial charge in [0.25, 0.3) is 5.79 Å². The van der Waals surface area contributed by atoms with E-state index in [4.69, 9.17) is 14.2 Å². The standard InChI is InChI=1S/C30H24O10/c31-18-6-5-13(7-20(18)33)28-23(36)10-16-19(32)11-25-26(29(16)38-28)17-12-30(40-25,39-24-4-2-1-3-15(17)24)14-8-21(34)27(37)22(35)9-14/h1-9,11,17,23,28,31-37H,10,12H2/t17-,23+,28-,30-/m1/s1. The van der Waals surface area contributed by atoms with Crippen LogP contribution in [-0.4, -0.2) is 41.8 Å². The Morgan fingerprint density at radius 2 is 1.45 bits per heavy atom. The third kappa shape index (κ3) is 3.39. The molecule has 4 atom stereocenters. The predicted octanol–water partition coefficient (Wildman–Crippen LogP) is 4.12. The van der Waals surface area contributed by atoms with Crippen LogP contribution in [0.2, 0.25) is 0 Å². The van der Waals surface area contributed by atoms with E-state index in [1.165, 1.54) is 36.4 Å². The molecule has 3 aliphatic heterocycles. The first-order chi connectivity index (χ1) is 19.1. The number of aromatic hydroxyl groups is 6. The van der Waals surface area contributed by atoms with Gasteiger partial charge in [-0.15, -0.1) is 0 Å². The molecule has 0 saturated heterocycles. The van der Waals surface area contributed by atoms with Crippen LogP contribution >= 0.6 is 0 Å². The third-order valence-corrected chi connectivity index (χ3v) is 7.87. The fraction of sp³-hybridized carbons (Fsp3) is 0.200. The molecule has 0 unspecified atom stereocenters. The van der Waals surface area contributed by atoms with Gasteiger partial charge >= 0.3 is 0 Å². The van der Waals surface area contributed by atoms with E-state index in [1.54, 1.807) is 12.1 Å². The third-order valence-electron chi connectivity index (χ3n) is 7.87. The summed E-state index contributed by atoms with van der Waals surface area (Å²) in [4.78, 5) is 0. The average Bonchev–Trinajstić information content (AvgIpc) is 2.93. The Morgan fingerprint density at radius 3 is 2.20 bits per heavy atom. The zero-order valence-electron chi connectivity index (χ0n) is 20.8. The van der Waals surface area contributed by atoms with Crippen LogP contribution in [0.25, 0.3) is 0 Å². The topological polar surface area (TPSA) is 169 Å². The Labute approximate surface area is 227 Å². The monoisotopic (exact) mass is 544 g/mol. The van der Waals surface area contributed by atoms with E-state index in [9.17, 15) is 35.7 Å². The minimum absolute atomic E-state index is 0.0521. The first kappa shape index (κ1) is 24.1. The molecule has 4 aromatic carbocycles. The molecule has 0 radical (unpaired) electrons. The van der Waals surface area contributed by atoms with Gasteiger partial charge in [0.15, 0.2) is 28.7 Å². The lowest BCUT2D eigenvalue weighted by molar-refractivity contribution is -0.149. The predicted molar refractivity (Wildman–Crippen MR) is 138 cm³/mol. The van der Waals surface area contributed by atoms with E-state index in [-0.39, 0.29) is 41.4 Å². The van der Waals surface area contributed by atoms with Gasteiger partial charge in [0.05, 0.1) is 6.10 Å². The lowest BCUT2D eigenvalue weighted by Crippen LogP contribution is -2.47. The second-order valence-corrected chi connectivity index (χ2v) is 10.3. The van der Waals surface area contributed by atoms with Crippen LogP contribution in [0.4, 0.5) is 0 Å². The normalized spacial score (nSPS) is 24.0. The molecule has 0 amide bonds. The highest BCUT2D eigenvalue weighted by atomic mass is 16.7. The highest BCUT2D eigenvalue weighted by molar-refractivity contribution is 5.65. The van der Waals surface area contributed by atoms with Crippen molar-refractivity contribution in [2.45, 2.75) is 36.8 Å². The highest BCUT2D eigenvalue weighted by Crippen LogP contribution is 2.60. The molecule has 3 aliphatic rings. The Hall–Kier alpha value is -4.96. The van der Waals surface area contributed by atoms with E-state index in [1.807, 2.05) is 12.1 Å². The number of hydrogen-bond acceptors (Lipinski definition) is 10. The molecule has 40 heavy (non-hydrogen) atoms. The number of para-hydroxylation sites is 1. The van der Waals surface area contributed by atoms with Crippen molar-refractivity contribution in [3.8, 4) is 51.7 Å². The summed E-state index contributed by atoms with van der Waals surface area (Å²) in [6, 6.07) is 15.4. The maximum absolute atomic E-state index is 11.0. The van der Waals surface area contributed by atoms with Gasteiger partial charge in [-0.1, -0.05) is 24.3 Å². The van der Waals surface area contributed by atoms with E-state index < -0.39 is 41.2 Å². The fourth-order valence-corrected chi connectivity index (χ4v) is 5.97. The zero-order valence-corrected chi connectivity index (χ0v) is 20.8. The van der Waals surface area contributed by atoms with Gasteiger partial charge in [-0.25, -0.2) is 0 Å². The largest absolute Gasteiger partial charge is 0.507 e. The van der Waals surface area contributed by atoms with Gasteiger partial charge in [0.2, 0.25) is 0 Å². The zero-order chi connectivity index (χ0) is 27.9. The number of fused-ring (bicyclic) bond motifs is 8. The number of aliphatic hydroxyl groups is 1. The summed E-state index contributed by atoms with van der Waals surface area (Å²) in [5.74, 6) is -3.49. The number of hydrogen-bond donors (Lipinski definition) is 7. The number of benzene rings is 4. The SMILES string of the molecule is Oc1ccc([C@H]2Oc3c(c(O)cc4c3[C@@H]3C[C@@](c5cc(O)c(O)c(O)c5)(Oc5ccccc53)O4)C[C@@H]2O)cc1O. The van der Waals surface area contributed by atoms with E-state index in [2.05, 4.69) is 0 Å². The van der Waals surface area contributed by atoms with Gasteiger partial charge in [0, 0.05) is 47.1 Å². The molecule has 0 aromatic heterocycles. The average molecular weight is 545 g/mol.